The molecule has 0 saturated carbocycles. The van der Waals surface area contributed by atoms with Gasteiger partial charge in [-0.25, -0.2) is 14.7 Å². The number of ketones is 1. The van der Waals surface area contributed by atoms with Gasteiger partial charge in [-0.2, -0.15) is 0 Å². The standard InChI is InChI=1S/C30H33N5O7S/c1-4-23(36)22-17-43-29(32-22)34-27(38)26(18(2)19-8-6-5-7-9-19)35-28(39)25(33-30(35)40)20-10-12-21(13-11-20)42-16-24(37)31-14-15-41-3/h5-13,17-18,25-26H,4,14-16H2,1-3H3,(H,31,37)(H,33,40)(H,32,34,38)/t18-,25+,26-/m0/s1. The molecule has 2 heterocycles. The fourth-order valence-electron chi connectivity index (χ4n) is 4.56. The van der Waals surface area contributed by atoms with Crippen molar-refractivity contribution in [3.8, 4) is 5.75 Å². The van der Waals surface area contributed by atoms with Gasteiger partial charge in [0.05, 0.1) is 6.61 Å². The number of ether oxygens (including phenoxy) is 2. The highest BCUT2D eigenvalue weighted by molar-refractivity contribution is 7.14. The number of methoxy groups -OCH3 is 1. The van der Waals surface area contributed by atoms with Gasteiger partial charge < -0.3 is 25.4 Å². The van der Waals surface area contributed by atoms with Gasteiger partial charge in [0, 0.05) is 31.4 Å². The first-order valence-corrected chi connectivity index (χ1v) is 14.6. The zero-order valence-corrected chi connectivity index (χ0v) is 24.8. The molecule has 1 saturated heterocycles. The van der Waals surface area contributed by atoms with Gasteiger partial charge in [-0.05, 0) is 23.3 Å². The Labute approximate surface area is 252 Å². The van der Waals surface area contributed by atoms with Crippen molar-refractivity contribution < 1.29 is 33.4 Å². The van der Waals surface area contributed by atoms with Crippen molar-refractivity contribution in [2.24, 2.45) is 0 Å². The molecular formula is C30H33N5O7S. The number of carbonyl (C=O) groups is 5. The lowest BCUT2D eigenvalue weighted by Crippen LogP contribution is -2.50. The first-order valence-electron chi connectivity index (χ1n) is 13.7. The van der Waals surface area contributed by atoms with Crippen molar-refractivity contribution in [2.75, 3.05) is 32.2 Å². The smallest absolute Gasteiger partial charge is 0.325 e. The molecule has 226 valence electrons. The maximum atomic E-state index is 13.7. The van der Waals surface area contributed by atoms with Crippen LogP contribution in [0, 0.1) is 0 Å². The molecule has 12 nitrogen and oxygen atoms in total. The fourth-order valence-corrected chi connectivity index (χ4v) is 5.28. The molecule has 4 rings (SSSR count). The van der Waals surface area contributed by atoms with E-state index in [1.807, 2.05) is 30.3 Å². The summed E-state index contributed by atoms with van der Waals surface area (Å²) < 4.78 is 10.4. The second-order valence-electron chi connectivity index (χ2n) is 9.74. The summed E-state index contributed by atoms with van der Waals surface area (Å²) >= 11 is 1.09. The molecule has 0 bridgehead atoms. The largest absolute Gasteiger partial charge is 0.484 e. The quantitative estimate of drug-likeness (QED) is 0.143. The monoisotopic (exact) mass is 607 g/mol. The summed E-state index contributed by atoms with van der Waals surface area (Å²) in [6, 6.07) is 12.5. The van der Waals surface area contributed by atoms with E-state index in [-0.39, 0.29) is 35.5 Å². The van der Waals surface area contributed by atoms with Crippen LogP contribution in [0.4, 0.5) is 9.93 Å². The topological polar surface area (TPSA) is 156 Å². The highest BCUT2D eigenvalue weighted by Crippen LogP contribution is 2.32. The number of rotatable bonds is 14. The lowest BCUT2D eigenvalue weighted by atomic mass is 9.91. The van der Waals surface area contributed by atoms with Crippen LogP contribution >= 0.6 is 11.3 Å². The number of thiazole rings is 1. The van der Waals surface area contributed by atoms with Gasteiger partial charge in [-0.3, -0.25) is 19.2 Å². The Kier molecular flexibility index (Phi) is 10.6. The molecule has 0 radical (unpaired) electrons. The van der Waals surface area contributed by atoms with Crippen LogP contribution < -0.4 is 20.7 Å². The molecule has 1 aliphatic heterocycles. The molecule has 5 amide bonds. The molecule has 3 atom stereocenters. The summed E-state index contributed by atoms with van der Waals surface area (Å²) in [5, 5.41) is 9.78. The summed E-state index contributed by atoms with van der Waals surface area (Å²) in [7, 11) is 1.54. The molecular weight excluding hydrogens is 574 g/mol. The number of aromatic nitrogens is 1. The maximum absolute atomic E-state index is 13.7. The third-order valence-corrected chi connectivity index (χ3v) is 7.63. The molecule has 0 spiro atoms. The molecule has 13 heteroatoms. The number of nitrogens with zero attached hydrogens (tertiary/aromatic N) is 2. The third kappa shape index (κ3) is 7.62. The van der Waals surface area contributed by atoms with Crippen molar-refractivity contribution in [3.05, 3.63) is 76.8 Å². The van der Waals surface area contributed by atoms with E-state index < -0.39 is 35.8 Å². The fraction of sp³-hybridized carbons (Fsp3) is 0.333. The van der Waals surface area contributed by atoms with Gasteiger partial charge in [0.15, 0.2) is 17.5 Å². The van der Waals surface area contributed by atoms with Crippen molar-refractivity contribution >= 4 is 46.0 Å². The van der Waals surface area contributed by atoms with Gasteiger partial charge in [-0.15, -0.1) is 11.3 Å². The molecule has 1 aliphatic rings. The lowest BCUT2D eigenvalue weighted by Gasteiger charge is -2.29. The van der Waals surface area contributed by atoms with Crippen LogP contribution in [0.3, 0.4) is 0 Å². The van der Waals surface area contributed by atoms with Gasteiger partial charge in [0.1, 0.15) is 23.5 Å². The van der Waals surface area contributed by atoms with Crippen LogP contribution in [-0.2, 0) is 19.1 Å². The Morgan fingerprint density at radius 3 is 2.49 bits per heavy atom. The molecule has 3 aromatic rings. The molecule has 0 aliphatic carbocycles. The third-order valence-electron chi connectivity index (χ3n) is 6.87. The van der Waals surface area contributed by atoms with Crippen LogP contribution in [0.25, 0.3) is 0 Å². The van der Waals surface area contributed by atoms with Gasteiger partial charge in [0.2, 0.25) is 5.91 Å². The van der Waals surface area contributed by atoms with Crippen LogP contribution in [0.5, 0.6) is 5.75 Å². The Morgan fingerprint density at radius 2 is 1.81 bits per heavy atom. The Morgan fingerprint density at radius 1 is 1.09 bits per heavy atom. The number of hydrogen-bond acceptors (Lipinski definition) is 9. The van der Waals surface area contributed by atoms with Gasteiger partial charge in [0.25, 0.3) is 11.8 Å². The van der Waals surface area contributed by atoms with Gasteiger partial charge in [-0.1, -0.05) is 56.3 Å². The van der Waals surface area contributed by atoms with Crippen LogP contribution in [0.1, 0.15) is 53.8 Å². The average molecular weight is 608 g/mol. The lowest BCUT2D eigenvalue weighted by molar-refractivity contribution is -0.134. The van der Waals surface area contributed by atoms with E-state index in [9.17, 15) is 24.0 Å². The molecule has 43 heavy (non-hydrogen) atoms. The molecule has 1 fully saturated rings. The molecule has 2 aromatic carbocycles. The minimum atomic E-state index is -1.21. The van der Waals surface area contributed by atoms with E-state index in [1.165, 1.54) is 7.11 Å². The number of hydrogen-bond donors (Lipinski definition) is 3. The normalized spacial score (nSPS) is 15.9. The summed E-state index contributed by atoms with van der Waals surface area (Å²) in [6.45, 7) is 4.03. The van der Waals surface area contributed by atoms with Crippen molar-refractivity contribution in [2.45, 2.75) is 38.3 Å². The first kappa shape index (κ1) is 31.3. The van der Waals surface area contributed by atoms with Crippen LogP contribution in [-0.4, -0.2) is 72.3 Å². The predicted octanol–water partition coefficient (Wildman–Crippen LogP) is 3.28. The van der Waals surface area contributed by atoms with E-state index in [0.717, 1.165) is 21.8 Å². The van der Waals surface area contributed by atoms with E-state index >= 15 is 0 Å². The molecule has 3 N–H and O–H groups in total. The SMILES string of the molecule is CCC(=O)c1csc(NC(=O)[C@H]([C@@H](C)c2ccccc2)N2C(=O)N[C@H](c3ccc(OCC(=O)NCCOC)cc3)C2=O)n1. The van der Waals surface area contributed by atoms with Crippen molar-refractivity contribution in [3.63, 3.8) is 0 Å². The second kappa shape index (κ2) is 14.5. The zero-order valence-electron chi connectivity index (χ0n) is 24.0. The zero-order chi connectivity index (χ0) is 30.9. The second-order valence-corrected chi connectivity index (χ2v) is 10.6. The summed E-state index contributed by atoms with van der Waals surface area (Å²) in [5.74, 6) is -1.85. The maximum Gasteiger partial charge on any atom is 0.325 e. The van der Waals surface area contributed by atoms with E-state index in [2.05, 4.69) is 20.9 Å². The number of anilines is 1. The van der Waals surface area contributed by atoms with Gasteiger partial charge >= 0.3 is 6.03 Å². The number of Topliss-reactive ketones (excluding diaryl/α,β-unsaturated/α-hetero) is 1. The first-order chi connectivity index (χ1) is 20.7. The minimum Gasteiger partial charge on any atom is -0.484 e. The Hall–Kier alpha value is -4.62. The summed E-state index contributed by atoms with van der Waals surface area (Å²) in [4.78, 5) is 69.7. The van der Waals surface area contributed by atoms with E-state index in [1.54, 1.807) is 43.5 Å². The highest BCUT2D eigenvalue weighted by atomic mass is 32.1. The number of nitrogens with one attached hydrogen (secondary N) is 3. The van der Waals surface area contributed by atoms with Crippen LogP contribution in [0.2, 0.25) is 0 Å². The number of urea groups is 1. The number of benzene rings is 2. The Balaban J connectivity index is 1.52. The van der Waals surface area contributed by atoms with E-state index in [4.69, 9.17) is 9.47 Å². The minimum absolute atomic E-state index is 0.162. The average Bonchev–Trinajstić information content (AvgIpc) is 3.60. The number of carbonyl (C=O) groups excluding carboxylic acids is 5. The van der Waals surface area contributed by atoms with E-state index in [0.29, 0.717) is 24.5 Å². The summed E-state index contributed by atoms with van der Waals surface area (Å²) in [5.41, 5.74) is 1.47. The number of amides is 5. The van der Waals surface area contributed by atoms with Crippen LogP contribution in [0.15, 0.2) is 60.0 Å². The predicted molar refractivity (Wildman–Crippen MR) is 159 cm³/mol. The van der Waals surface area contributed by atoms with Crippen molar-refractivity contribution in [1.29, 1.82) is 0 Å². The summed E-state index contributed by atoms with van der Waals surface area (Å²) in [6.07, 6.45) is 0.270. The number of imide groups is 1. The Bertz CT molecular complexity index is 1460. The highest BCUT2D eigenvalue weighted by Gasteiger charge is 2.47. The molecule has 0 unspecified atom stereocenters. The van der Waals surface area contributed by atoms with Crippen molar-refractivity contribution in [1.82, 2.24) is 20.5 Å². The molecule has 1 aromatic heterocycles.